The number of aromatic nitrogens is 4. The molecule has 2 aliphatic rings. The van der Waals surface area contributed by atoms with E-state index in [4.69, 9.17) is 0 Å². The zero-order chi connectivity index (χ0) is 22.6. The van der Waals surface area contributed by atoms with Gasteiger partial charge < -0.3 is 14.7 Å². The molecule has 5 rings (SSSR count). The van der Waals surface area contributed by atoms with Crippen molar-refractivity contribution in [3.8, 4) is 0 Å². The van der Waals surface area contributed by atoms with Gasteiger partial charge in [-0.15, -0.1) is 0 Å². The number of aromatic amines is 1. The van der Waals surface area contributed by atoms with Gasteiger partial charge in [-0.25, -0.2) is 9.97 Å². The maximum atomic E-state index is 12.9. The molecule has 1 N–H and O–H groups in total. The summed E-state index contributed by atoms with van der Waals surface area (Å²) in [6, 6.07) is 9.48. The summed E-state index contributed by atoms with van der Waals surface area (Å²) in [5.41, 5.74) is 1.35. The molecule has 0 radical (unpaired) electrons. The molecule has 33 heavy (non-hydrogen) atoms. The SMILES string of the molecule is O=C(CCN1CCN(C(=O)c2n[nH]c3ccccc23)CC1)N1CCN(c2ncccn2)CC1. The van der Waals surface area contributed by atoms with Crippen molar-refractivity contribution in [2.75, 3.05) is 63.8 Å². The highest BCUT2D eigenvalue weighted by molar-refractivity contribution is 6.04. The highest BCUT2D eigenvalue weighted by atomic mass is 16.2. The minimum absolute atomic E-state index is 0.0385. The van der Waals surface area contributed by atoms with Crippen molar-refractivity contribution >= 4 is 28.7 Å². The summed E-state index contributed by atoms with van der Waals surface area (Å²) >= 11 is 0. The Bertz CT molecular complexity index is 1100. The Morgan fingerprint density at radius 1 is 0.848 bits per heavy atom. The predicted molar refractivity (Wildman–Crippen MR) is 124 cm³/mol. The van der Waals surface area contributed by atoms with E-state index in [-0.39, 0.29) is 11.8 Å². The van der Waals surface area contributed by atoms with E-state index in [2.05, 4.69) is 30.0 Å². The predicted octanol–water partition coefficient (Wildman–Crippen LogP) is 0.850. The largest absolute Gasteiger partial charge is 0.339 e. The highest BCUT2D eigenvalue weighted by Gasteiger charge is 2.26. The molecule has 0 unspecified atom stereocenters. The van der Waals surface area contributed by atoms with Crippen LogP contribution in [-0.4, -0.2) is 106 Å². The molecule has 10 heteroatoms. The first-order chi connectivity index (χ1) is 16.2. The molecule has 0 atom stereocenters. The van der Waals surface area contributed by atoms with Crippen molar-refractivity contribution < 1.29 is 9.59 Å². The van der Waals surface area contributed by atoms with E-state index < -0.39 is 0 Å². The standard InChI is InChI=1S/C23H28N8O2/c32-20(29-14-16-31(17-15-29)23-24-7-3-8-25-23)6-9-28-10-12-30(13-11-28)22(33)21-18-4-1-2-5-19(18)26-27-21/h1-5,7-8H,6,9-17H2,(H,26,27). The van der Waals surface area contributed by atoms with Crippen LogP contribution in [0.2, 0.25) is 0 Å². The second-order valence-electron chi connectivity index (χ2n) is 8.42. The molecule has 0 aliphatic carbocycles. The average Bonchev–Trinajstić information content (AvgIpc) is 3.32. The summed E-state index contributed by atoms with van der Waals surface area (Å²) in [7, 11) is 0. The topological polar surface area (TPSA) is 102 Å². The van der Waals surface area contributed by atoms with Crippen LogP contribution in [0.1, 0.15) is 16.9 Å². The van der Waals surface area contributed by atoms with Gasteiger partial charge in [0.15, 0.2) is 5.69 Å². The molecule has 0 bridgehead atoms. The van der Waals surface area contributed by atoms with Crippen LogP contribution < -0.4 is 4.90 Å². The van der Waals surface area contributed by atoms with E-state index in [0.29, 0.717) is 44.8 Å². The number of hydrogen-bond acceptors (Lipinski definition) is 7. The number of carbonyl (C=O) groups excluding carboxylic acids is 2. The lowest BCUT2D eigenvalue weighted by Gasteiger charge is -2.36. The number of para-hydroxylation sites is 1. The van der Waals surface area contributed by atoms with E-state index in [0.717, 1.165) is 43.0 Å². The first kappa shape index (κ1) is 21.3. The Morgan fingerprint density at radius 3 is 2.30 bits per heavy atom. The van der Waals surface area contributed by atoms with Gasteiger partial charge in [0.2, 0.25) is 11.9 Å². The summed E-state index contributed by atoms with van der Waals surface area (Å²) in [5.74, 6) is 0.869. The van der Waals surface area contributed by atoms with E-state index in [1.54, 1.807) is 18.5 Å². The molecule has 0 spiro atoms. The highest BCUT2D eigenvalue weighted by Crippen LogP contribution is 2.18. The van der Waals surface area contributed by atoms with Crippen molar-refractivity contribution in [1.82, 2.24) is 34.9 Å². The number of benzene rings is 1. The number of carbonyl (C=O) groups is 2. The first-order valence-corrected chi connectivity index (χ1v) is 11.4. The van der Waals surface area contributed by atoms with Crippen molar-refractivity contribution in [2.45, 2.75) is 6.42 Å². The summed E-state index contributed by atoms with van der Waals surface area (Å²) < 4.78 is 0. The lowest BCUT2D eigenvalue weighted by atomic mass is 10.2. The number of H-pyrrole nitrogens is 1. The summed E-state index contributed by atoms with van der Waals surface area (Å²) in [4.78, 5) is 42.4. The quantitative estimate of drug-likeness (QED) is 0.617. The van der Waals surface area contributed by atoms with Crippen LogP contribution in [-0.2, 0) is 4.79 Å². The molecule has 172 valence electrons. The third-order valence-electron chi connectivity index (χ3n) is 6.44. The Morgan fingerprint density at radius 2 is 1.55 bits per heavy atom. The van der Waals surface area contributed by atoms with E-state index >= 15 is 0 Å². The van der Waals surface area contributed by atoms with Crippen LogP contribution in [0.3, 0.4) is 0 Å². The zero-order valence-corrected chi connectivity index (χ0v) is 18.6. The van der Waals surface area contributed by atoms with E-state index in [9.17, 15) is 9.59 Å². The number of fused-ring (bicyclic) bond motifs is 1. The fourth-order valence-electron chi connectivity index (χ4n) is 4.47. The van der Waals surface area contributed by atoms with Crippen LogP contribution in [0.4, 0.5) is 5.95 Å². The van der Waals surface area contributed by atoms with E-state index in [1.807, 2.05) is 34.1 Å². The van der Waals surface area contributed by atoms with E-state index in [1.165, 1.54) is 0 Å². The Balaban J connectivity index is 1.06. The normalized spacial score (nSPS) is 17.5. The minimum Gasteiger partial charge on any atom is -0.339 e. The van der Waals surface area contributed by atoms with Gasteiger partial charge in [-0.1, -0.05) is 18.2 Å². The Labute approximate surface area is 192 Å². The minimum atomic E-state index is -0.0385. The number of nitrogens with one attached hydrogen (secondary N) is 1. The van der Waals surface area contributed by atoms with Gasteiger partial charge in [-0.05, 0) is 12.1 Å². The summed E-state index contributed by atoms with van der Waals surface area (Å²) in [6.07, 6.45) is 3.98. The molecule has 1 aromatic carbocycles. The summed E-state index contributed by atoms with van der Waals surface area (Å²) in [6.45, 7) is 6.41. The van der Waals surface area contributed by atoms with Gasteiger partial charge in [-0.3, -0.25) is 19.6 Å². The molecule has 0 saturated carbocycles. The van der Waals surface area contributed by atoms with Crippen molar-refractivity contribution in [1.29, 1.82) is 0 Å². The van der Waals surface area contributed by atoms with Crippen molar-refractivity contribution in [2.24, 2.45) is 0 Å². The second-order valence-corrected chi connectivity index (χ2v) is 8.42. The Kier molecular flexibility index (Phi) is 6.16. The van der Waals surface area contributed by atoms with Gasteiger partial charge in [0.05, 0.1) is 5.52 Å². The molecule has 2 saturated heterocycles. The molecule has 2 aliphatic heterocycles. The number of rotatable bonds is 5. The van der Waals surface area contributed by atoms with Crippen LogP contribution >= 0.6 is 0 Å². The van der Waals surface area contributed by atoms with Crippen LogP contribution in [0, 0.1) is 0 Å². The molecule has 3 aromatic rings. The van der Waals surface area contributed by atoms with Gasteiger partial charge in [-0.2, -0.15) is 5.10 Å². The summed E-state index contributed by atoms with van der Waals surface area (Å²) in [5, 5.41) is 8.02. The molecule has 4 heterocycles. The van der Waals surface area contributed by atoms with Crippen LogP contribution in [0.5, 0.6) is 0 Å². The van der Waals surface area contributed by atoms with Gasteiger partial charge in [0.1, 0.15) is 0 Å². The van der Waals surface area contributed by atoms with Gasteiger partial charge >= 0.3 is 0 Å². The third kappa shape index (κ3) is 4.65. The number of anilines is 1. The maximum Gasteiger partial charge on any atom is 0.275 e. The van der Waals surface area contributed by atoms with Crippen LogP contribution in [0.25, 0.3) is 10.9 Å². The Hall–Kier alpha value is -3.53. The monoisotopic (exact) mass is 448 g/mol. The molecule has 2 aromatic heterocycles. The fraction of sp³-hybridized carbons (Fsp3) is 0.435. The van der Waals surface area contributed by atoms with Crippen LogP contribution in [0.15, 0.2) is 42.7 Å². The zero-order valence-electron chi connectivity index (χ0n) is 18.6. The smallest absolute Gasteiger partial charge is 0.275 e. The third-order valence-corrected chi connectivity index (χ3v) is 6.44. The molecule has 10 nitrogen and oxygen atoms in total. The molecule has 2 fully saturated rings. The molecule has 2 amide bonds. The van der Waals surface area contributed by atoms with Crippen molar-refractivity contribution in [3.63, 3.8) is 0 Å². The number of amides is 2. The lowest BCUT2D eigenvalue weighted by molar-refractivity contribution is -0.131. The first-order valence-electron chi connectivity index (χ1n) is 11.4. The second kappa shape index (κ2) is 9.53. The van der Waals surface area contributed by atoms with Gasteiger partial charge in [0.25, 0.3) is 5.91 Å². The fourth-order valence-corrected chi connectivity index (χ4v) is 4.47. The average molecular weight is 449 g/mol. The lowest BCUT2D eigenvalue weighted by Crippen LogP contribution is -2.51. The number of hydrogen-bond donors (Lipinski definition) is 1. The number of piperazine rings is 2. The molecular weight excluding hydrogens is 420 g/mol. The van der Waals surface area contributed by atoms with Gasteiger partial charge in [0, 0.05) is 83.1 Å². The maximum absolute atomic E-state index is 12.9. The number of nitrogens with zero attached hydrogens (tertiary/aromatic N) is 7. The molecular formula is C23H28N8O2. The van der Waals surface area contributed by atoms with Crippen molar-refractivity contribution in [3.05, 3.63) is 48.4 Å².